The van der Waals surface area contributed by atoms with Gasteiger partial charge in [0.05, 0.1) is 12.4 Å². The molecule has 26 heavy (non-hydrogen) atoms. The molecular weight excluding hydrogens is 320 g/mol. The number of aliphatic hydroxyl groups is 1. The first-order chi connectivity index (χ1) is 12.7. The number of nitrogens with zero attached hydrogens (tertiary/aromatic N) is 1. The zero-order valence-corrected chi connectivity index (χ0v) is 17.8. The summed E-state index contributed by atoms with van der Waals surface area (Å²) in [6, 6.07) is 0. The minimum Gasteiger partial charge on any atom is -0.369 e. The minimum absolute atomic E-state index is 0.606. The Morgan fingerprint density at radius 2 is 1.15 bits per heavy atom. The molecule has 154 valence electrons. The molecule has 1 aliphatic rings. The molecule has 0 aromatic heterocycles. The number of aliphatic imine (C=N–C) groups is 1. The first-order valence-corrected chi connectivity index (χ1v) is 11.7. The Morgan fingerprint density at radius 1 is 0.731 bits per heavy atom. The maximum atomic E-state index is 10.4. The van der Waals surface area contributed by atoms with Crippen molar-refractivity contribution in [2.75, 3.05) is 6.54 Å². The molecule has 1 unspecified atom stereocenters. The number of amidine groups is 1. The van der Waals surface area contributed by atoms with Gasteiger partial charge in [-0.25, -0.2) is 4.99 Å². The predicted molar refractivity (Wildman–Crippen MR) is 115 cm³/mol. The molecule has 0 saturated carbocycles. The Bertz CT molecular complexity index is 356. The molecule has 1 rings (SSSR count). The molecule has 0 radical (unpaired) electrons. The van der Waals surface area contributed by atoms with Crippen LogP contribution < -0.4 is 5.32 Å². The molecule has 0 amide bonds. The van der Waals surface area contributed by atoms with Crippen molar-refractivity contribution in [1.82, 2.24) is 5.32 Å². The third-order valence-corrected chi connectivity index (χ3v) is 5.68. The van der Waals surface area contributed by atoms with E-state index >= 15 is 0 Å². The Labute approximate surface area is 163 Å². The molecule has 0 spiro atoms. The number of β-amino-alcohol motifs (C(OH)–C–C–N with tert-alkyl or cyclic N) is 1. The molecule has 0 bridgehead atoms. The van der Waals surface area contributed by atoms with Crippen molar-refractivity contribution >= 4 is 5.84 Å². The number of nitrogens with one attached hydrogen (secondary N) is 1. The van der Waals surface area contributed by atoms with E-state index in [1.807, 2.05) is 0 Å². The van der Waals surface area contributed by atoms with Gasteiger partial charge in [0.15, 0.2) is 5.72 Å². The summed E-state index contributed by atoms with van der Waals surface area (Å²) in [7, 11) is 0. The quantitative estimate of drug-likeness (QED) is 0.264. The lowest BCUT2D eigenvalue weighted by Crippen LogP contribution is -2.32. The number of rotatable bonds is 18. The summed E-state index contributed by atoms with van der Waals surface area (Å²) in [5, 5.41) is 13.6. The van der Waals surface area contributed by atoms with Crippen molar-refractivity contribution in [3.05, 3.63) is 0 Å². The summed E-state index contributed by atoms with van der Waals surface area (Å²) in [6.07, 6.45) is 23.8. The van der Waals surface area contributed by atoms with E-state index in [0.29, 0.717) is 6.54 Å². The van der Waals surface area contributed by atoms with Gasteiger partial charge in [-0.15, -0.1) is 0 Å². The van der Waals surface area contributed by atoms with Crippen LogP contribution in [0.3, 0.4) is 0 Å². The summed E-state index contributed by atoms with van der Waals surface area (Å²) in [4.78, 5) is 4.41. The second kappa shape index (κ2) is 15.5. The number of hydrogen-bond acceptors (Lipinski definition) is 3. The molecule has 0 aromatic rings. The van der Waals surface area contributed by atoms with Gasteiger partial charge in [0.25, 0.3) is 0 Å². The van der Waals surface area contributed by atoms with E-state index in [9.17, 15) is 5.11 Å². The van der Waals surface area contributed by atoms with Crippen LogP contribution in [0, 0.1) is 0 Å². The lowest BCUT2D eigenvalue weighted by atomic mass is 10.0. The zero-order valence-electron chi connectivity index (χ0n) is 17.8. The molecule has 1 atom stereocenters. The van der Waals surface area contributed by atoms with E-state index in [1.165, 1.54) is 96.3 Å². The molecule has 3 heteroatoms. The summed E-state index contributed by atoms with van der Waals surface area (Å²) in [5.74, 6) is 0.962. The standard InChI is InChI=1S/C23H46N2O/c1-3-5-6-7-8-9-10-11-12-13-14-15-16-17-18-19-20-23(26)21-24-22(4-2)25-23/h26H,3-21H2,1-2H3,(H,24,25). The van der Waals surface area contributed by atoms with E-state index < -0.39 is 5.72 Å². The van der Waals surface area contributed by atoms with Gasteiger partial charge in [-0.1, -0.05) is 110 Å². The molecule has 0 aliphatic carbocycles. The highest BCUT2D eigenvalue weighted by Crippen LogP contribution is 2.21. The molecule has 3 nitrogen and oxygen atoms in total. The predicted octanol–water partition coefficient (Wildman–Crippen LogP) is 6.74. The van der Waals surface area contributed by atoms with E-state index in [1.54, 1.807) is 0 Å². The third-order valence-electron chi connectivity index (χ3n) is 5.68. The molecule has 0 saturated heterocycles. The maximum Gasteiger partial charge on any atom is 0.175 e. The minimum atomic E-state index is -0.818. The Balaban J connectivity index is 1.77. The fourth-order valence-corrected chi connectivity index (χ4v) is 3.88. The van der Waals surface area contributed by atoms with Gasteiger partial charge >= 0.3 is 0 Å². The number of unbranched alkanes of at least 4 members (excludes halogenated alkanes) is 15. The lowest BCUT2D eigenvalue weighted by Gasteiger charge is -2.17. The highest BCUT2D eigenvalue weighted by molar-refractivity contribution is 5.83. The van der Waals surface area contributed by atoms with E-state index in [0.717, 1.165) is 25.1 Å². The SMILES string of the molecule is CCCCCCCCCCCCCCCCCCC1(O)CNC(CC)=N1. The Hall–Kier alpha value is -0.570. The monoisotopic (exact) mass is 366 g/mol. The first kappa shape index (κ1) is 23.5. The van der Waals surface area contributed by atoms with Crippen LogP contribution in [-0.2, 0) is 0 Å². The highest BCUT2D eigenvalue weighted by atomic mass is 16.3. The summed E-state index contributed by atoms with van der Waals surface area (Å²) in [6.45, 7) is 4.97. The van der Waals surface area contributed by atoms with Crippen molar-refractivity contribution in [2.24, 2.45) is 4.99 Å². The molecule has 1 heterocycles. The fraction of sp³-hybridized carbons (Fsp3) is 0.957. The van der Waals surface area contributed by atoms with Crippen LogP contribution >= 0.6 is 0 Å². The molecule has 0 fully saturated rings. The van der Waals surface area contributed by atoms with Crippen LogP contribution in [0.2, 0.25) is 0 Å². The second-order valence-corrected chi connectivity index (χ2v) is 8.30. The van der Waals surface area contributed by atoms with Crippen molar-refractivity contribution < 1.29 is 5.11 Å². The van der Waals surface area contributed by atoms with Crippen molar-refractivity contribution in [3.63, 3.8) is 0 Å². The van der Waals surface area contributed by atoms with E-state index in [4.69, 9.17) is 0 Å². The molecule has 0 aromatic carbocycles. The van der Waals surface area contributed by atoms with Crippen LogP contribution in [-0.4, -0.2) is 23.2 Å². The zero-order chi connectivity index (χ0) is 18.9. The average Bonchev–Trinajstić information content (AvgIpc) is 3.03. The smallest absolute Gasteiger partial charge is 0.175 e. The van der Waals surface area contributed by atoms with Crippen LogP contribution in [0.4, 0.5) is 0 Å². The van der Waals surface area contributed by atoms with Crippen LogP contribution in [0.15, 0.2) is 4.99 Å². The molecule has 2 N–H and O–H groups in total. The van der Waals surface area contributed by atoms with Crippen LogP contribution in [0.25, 0.3) is 0 Å². The Kier molecular flexibility index (Phi) is 14.0. The maximum absolute atomic E-state index is 10.4. The van der Waals surface area contributed by atoms with Gasteiger partial charge in [-0.3, -0.25) is 0 Å². The van der Waals surface area contributed by atoms with Crippen molar-refractivity contribution in [3.8, 4) is 0 Å². The van der Waals surface area contributed by atoms with Crippen LogP contribution in [0.1, 0.15) is 129 Å². The van der Waals surface area contributed by atoms with Gasteiger partial charge in [-0.2, -0.15) is 0 Å². The van der Waals surface area contributed by atoms with Crippen LogP contribution in [0.5, 0.6) is 0 Å². The van der Waals surface area contributed by atoms with Gasteiger partial charge in [0.2, 0.25) is 0 Å². The third kappa shape index (κ3) is 11.9. The molecular formula is C23H46N2O. The highest BCUT2D eigenvalue weighted by Gasteiger charge is 2.30. The summed E-state index contributed by atoms with van der Waals surface area (Å²) in [5.41, 5.74) is -0.818. The van der Waals surface area contributed by atoms with Crippen molar-refractivity contribution in [2.45, 2.75) is 135 Å². The summed E-state index contributed by atoms with van der Waals surface area (Å²) >= 11 is 0. The summed E-state index contributed by atoms with van der Waals surface area (Å²) < 4.78 is 0. The van der Waals surface area contributed by atoms with Crippen molar-refractivity contribution in [1.29, 1.82) is 0 Å². The van der Waals surface area contributed by atoms with Gasteiger partial charge in [0.1, 0.15) is 0 Å². The normalized spacial score (nSPS) is 19.6. The molecule has 1 aliphatic heterocycles. The van der Waals surface area contributed by atoms with E-state index in [-0.39, 0.29) is 0 Å². The first-order valence-electron chi connectivity index (χ1n) is 11.7. The fourth-order valence-electron chi connectivity index (χ4n) is 3.88. The Morgan fingerprint density at radius 3 is 1.54 bits per heavy atom. The average molecular weight is 367 g/mol. The van der Waals surface area contributed by atoms with Gasteiger partial charge in [-0.05, 0) is 12.8 Å². The second-order valence-electron chi connectivity index (χ2n) is 8.30. The van der Waals surface area contributed by atoms with Gasteiger partial charge < -0.3 is 10.4 Å². The number of hydrogen-bond donors (Lipinski definition) is 2. The van der Waals surface area contributed by atoms with E-state index in [2.05, 4.69) is 24.2 Å². The topological polar surface area (TPSA) is 44.6 Å². The van der Waals surface area contributed by atoms with Gasteiger partial charge in [0, 0.05) is 6.42 Å². The largest absolute Gasteiger partial charge is 0.369 e. The lowest BCUT2D eigenvalue weighted by molar-refractivity contribution is 0.0517.